The van der Waals surface area contributed by atoms with E-state index in [0.717, 1.165) is 38.1 Å². The fraction of sp³-hybridized carbons (Fsp3) is 0.556. The van der Waals surface area contributed by atoms with Crippen LogP contribution in [-0.4, -0.2) is 48.4 Å². The largest absolute Gasteiger partial charge is 0.501 e. The zero-order valence-corrected chi connectivity index (χ0v) is 31.2. The molecular weight excluding hydrogens is 751 g/mol. The van der Waals surface area contributed by atoms with Crippen LogP contribution in [0.5, 0.6) is 5.75 Å². The molecule has 0 aliphatic heterocycles. The Kier molecular flexibility index (Phi) is 18.2. The van der Waals surface area contributed by atoms with Gasteiger partial charge in [0.2, 0.25) is 0 Å². The van der Waals surface area contributed by atoms with Gasteiger partial charge in [0.05, 0.1) is 41.8 Å². The summed E-state index contributed by atoms with van der Waals surface area (Å²) in [4.78, 5) is 0. The van der Waals surface area contributed by atoms with Crippen LogP contribution in [0.4, 0.5) is 0 Å². The minimum Gasteiger partial charge on any atom is -0.490 e. The molecule has 15 heteroatoms. The predicted octanol–water partition coefficient (Wildman–Crippen LogP) is 12.6. The lowest BCUT2D eigenvalue weighted by atomic mass is 10.0. The SMILES string of the molecule is CCO[Si](CCCOCCCCCCOc1c(Cl)c(Cl)c(-c2c(Cl)c(Cl)c(Cl)c(Cl)c2Cl)c(Cl)c1Cl)(OCC)OCC. The molecule has 0 N–H and O–H groups in total. The zero-order chi connectivity index (χ0) is 31.4. The van der Waals surface area contributed by atoms with Gasteiger partial charge in [0.25, 0.3) is 0 Å². The van der Waals surface area contributed by atoms with E-state index in [-0.39, 0.29) is 62.1 Å². The first-order valence-electron chi connectivity index (χ1n) is 13.5. The van der Waals surface area contributed by atoms with Gasteiger partial charge in [-0.1, -0.05) is 111 Å². The molecule has 0 bridgehead atoms. The topological polar surface area (TPSA) is 46.2 Å². The maximum atomic E-state index is 6.58. The number of benzene rings is 2. The van der Waals surface area contributed by atoms with E-state index in [1.165, 1.54) is 0 Å². The van der Waals surface area contributed by atoms with Crippen LogP contribution < -0.4 is 4.74 Å². The molecule has 5 nitrogen and oxygen atoms in total. The molecule has 0 saturated heterocycles. The molecule has 0 radical (unpaired) electrons. The van der Waals surface area contributed by atoms with Crippen molar-refractivity contribution in [2.24, 2.45) is 0 Å². The van der Waals surface area contributed by atoms with E-state index in [4.69, 9.17) is 127 Å². The first-order chi connectivity index (χ1) is 20.0. The van der Waals surface area contributed by atoms with E-state index in [1.807, 2.05) is 20.8 Å². The lowest BCUT2D eigenvalue weighted by Gasteiger charge is -2.28. The summed E-state index contributed by atoms with van der Waals surface area (Å²) in [7, 11) is -2.62. The highest BCUT2D eigenvalue weighted by Gasteiger charge is 2.39. The van der Waals surface area contributed by atoms with Gasteiger partial charge in [-0.3, -0.25) is 0 Å². The summed E-state index contributed by atoms with van der Waals surface area (Å²) in [5, 5.41) is 0.131. The van der Waals surface area contributed by atoms with E-state index in [0.29, 0.717) is 39.6 Å². The molecule has 0 unspecified atom stereocenters. The summed E-state index contributed by atoms with van der Waals surface area (Å²) in [6.07, 6.45) is 4.39. The monoisotopic (exact) mass is 780 g/mol. The Balaban J connectivity index is 1.85. The average molecular weight is 785 g/mol. The molecule has 0 atom stereocenters. The van der Waals surface area contributed by atoms with Crippen LogP contribution in [-0.2, 0) is 18.0 Å². The summed E-state index contributed by atoms with van der Waals surface area (Å²) in [6, 6.07) is 0.737. The van der Waals surface area contributed by atoms with Gasteiger partial charge in [-0.05, 0) is 46.5 Å². The third-order valence-electron chi connectivity index (χ3n) is 5.98. The van der Waals surface area contributed by atoms with Crippen LogP contribution in [0.3, 0.4) is 0 Å². The van der Waals surface area contributed by atoms with Crippen LogP contribution in [0.25, 0.3) is 11.1 Å². The average Bonchev–Trinajstić information content (AvgIpc) is 2.96. The van der Waals surface area contributed by atoms with Crippen molar-refractivity contribution in [1.82, 2.24) is 0 Å². The maximum absolute atomic E-state index is 6.58. The highest BCUT2D eigenvalue weighted by molar-refractivity contribution is 6.61. The van der Waals surface area contributed by atoms with E-state index in [9.17, 15) is 0 Å². The first-order valence-corrected chi connectivity index (χ1v) is 18.8. The van der Waals surface area contributed by atoms with Gasteiger partial charge in [0.15, 0.2) is 5.75 Å². The number of rotatable bonds is 19. The Morgan fingerprint density at radius 3 is 1.29 bits per heavy atom. The quantitative estimate of drug-likeness (QED) is 0.0614. The highest BCUT2D eigenvalue weighted by Crippen LogP contribution is 2.56. The lowest BCUT2D eigenvalue weighted by molar-refractivity contribution is 0.0657. The molecular formula is C27H33Cl9O5Si. The summed E-state index contributed by atoms with van der Waals surface area (Å²) in [6.45, 7) is 9.21. The molecule has 0 amide bonds. The molecule has 2 rings (SSSR count). The number of unbranched alkanes of at least 4 members (excludes halogenated alkanes) is 3. The molecule has 42 heavy (non-hydrogen) atoms. The minimum atomic E-state index is -2.62. The minimum absolute atomic E-state index is 0.00106. The van der Waals surface area contributed by atoms with E-state index in [1.54, 1.807) is 0 Å². The Labute approximate surface area is 294 Å². The fourth-order valence-electron chi connectivity index (χ4n) is 4.11. The first kappa shape index (κ1) is 39.1. The van der Waals surface area contributed by atoms with Crippen LogP contribution >= 0.6 is 104 Å². The van der Waals surface area contributed by atoms with Crippen molar-refractivity contribution in [2.45, 2.75) is 58.9 Å². The van der Waals surface area contributed by atoms with Crippen molar-refractivity contribution in [3.63, 3.8) is 0 Å². The van der Waals surface area contributed by atoms with Crippen molar-refractivity contribution in [3.8, 4) is 16.9 Å². The molecule has 0 aliphatic carbocycles. The van der Waals surface area contributed by atoms with Gasteiger partial charge in [-0.15, -0.1) is 0 Å². The normalized spacial score (nSPS) is 11.9. The second-order valence-corrected chi connectivity index (χ2v) is 15.0. The molecule has 0 aliphatic rings. The highest BCUT2D eigenvalue weighted by atomic mass is 35.5. The third kappa shape index (κ3) is 10.2. The Hall–Kier alpha value is 0.907. The van der Waals surface area contributed by atoms with Crippen molar-refractivity contribution >= 4 is 113 Å². The van der Waals surface area contributed by atoms with Crippen LogP contribution in [0, 0.1) is 0 Å². The molecule has 0 heterocycles. The van der Waals surface area contributed by atoms with E-state index < -0.39 is 8.80 Å². The summed E-state index contributed by atoms with van der Waals surface area (Å²) in [5.74, 6) is 0.157. The van der Waals surface area contributed by atoms with Crippen LogP contribution in [0.15, 0.2) is 0 Å². The number of halogens is 9. The Bertz CT molecular complexity index is 1110. The molecule has 0 saturated carbocycles. The summed E-state index contributed by atoms with van der Waals surface area (Å²) < 4.78 is 29.3. The van der Waals surface area contributed by atoms with Gasteiger partial charge in [0.1, 0.15) is 10.0 Å². The maximum Gasteiger partial charge on any atom is 0.501 e. The van der Waals surface area contributed by atoms with Crippen LogP contribution in [0.2, 0.25) is 51.2 Å². The second kappa shape index (κ2) is 19.5. The van der Waals surface area contributed by atoms with Crippen molar-refractivity contribution in [3.05, 3.63) is 45.2 Å². The third-order valence-corrected chi connectivity index (χ3v) is 13.1. The van der Waals surface area contributed by atoms with E-state index in [2.05, 4.69) is 0 Å². The molecule has 238 valence electrons. The summed E-state index contributed by atoms with van der Waals surface area (Å²) in [5.41, 5.74) is 0.322. The predicted molar refractivity (Wildman–Crippen MR) is 182 cm³/mol. The fourth-order valence-corrected chi connectivity index (χ4v) is 9.15. The smallest absolute Gasteiger partial charge is 0.490 e. The standard InChI is InChI=1S/C27H33Cl9O5Si/c1-4-39-42(40-5-2,41-6-3)15-11-13-37-12-9-7-8-10-14-38-27-25(35)20(30)17(21(31)26(27)36)16-18(28)22(32)24(34)23(33)19(16)29/h4-15H2,1-3H3. The van der Waals surface area contributed by atoms with Gasteiger partial charge in [-0.25, -0.2) is 0 Å². The molecule has 0 spiro atoms. The van der Waals surface area contributed by atoms with Crippen molar-refractivity contribution in [1.29, 1.82) is 0 Å². The van der Waals surface area contributed by atoms with Gasteiger partial charge < -0.3 is 22.8 Å². The number of hydrogen-bond donors (Lipinski definition) is 0. The molecule has 2 aromatic rings. The van der Waals surface area contributed by atoms with Gasteiger partial charge in [-0.2, -0.15) is 0 Å². The van der Waals surface area contributed by atoms with Crippen molar-refractivity contribution < 1.29 is 22.8 Å². The van der Waals surface area contributed by atoms with Gasteiger partial charge >= 0.3 is 8.80 Å². The molecule has 2 aromatic carbocycles. The number of ether oxygens (including phenoxy) is 2. The zero-order valence-electron chi connectivity index (χ0n) is 23.4. The van der Waals surface area contributed by atoms with E-state index >= 15 is 0 Å². The Morgan fingerprint density at radius 2 is 0.833 bits per heavy atom. The van der Waals surface area contributed by atoms with Crippen LogP contribution in [0.1, 0.15) is 52.9 Å². The molecule has 0 aromatic heterocycles. The number of hydrogen-bond acceptors (Lipinski definition) is 5. The molecule has 0 fully saturated rings. The van der Waals surface area contributed by atoms with Gasteiger partial charge in [0, 0.05) is 50.2 Å². The summed E-state index contributed by atoms with van der Waals surface area (Å²) >= 11 is 57.6. The second-order valence-electron chi connectivity index (χ2n) is 8.87. The van der Waals surface area contributed by atoms with Crippen molar-refractivity contribution in [2.75, 3.05) is 39.6 Å². The Morgan fingerprint density at radius 1 is 0.452 bits per heavy atom. The lowest BCUT2D eigenvalue weighted by Crippen LogP contribution is -2.46.